The average molecular weight is 430 g/mol. The normalized spacial score (nSPS) is 16.2. The zero-order chi connectivity index (χ0) is 21.5. The summed E-state index contributed by atoms with van der Waals surface area (Å²) in [4.78, 5) is 4.06. The Morgan fingerprint density at radius 2 is 1.57 bits per heavy atom. The van der Waals surface area contributed by atoms with Crippen LogP contribution in [0.3, 0.4) is 0 Å². The number of aromatic nitrogens is 3. The number of rotatable bonds is 3. The molecule has 1 N–H and O–H groups in total. The highest BCUT2D eigenvalue weighted by atomic mass is 19.4. The third-order valence-electron chi connectivity index (χ3n) is 4.82. The molecule has 2 aromatic heterocycles. The van der Waals surface area contributed by atoms with Gasteiger partial charge in [0.05, 0.1) is 23.0 Å². The number of nitrogens with one attached hydrogen (secondary N) is 1. The van der Waals surface area contributed by atoms with E-state index < -0.39 is 23.5 Å². The Morgan fingerprint density at radius 1 is 0.933 bits per heavy atom. The Balaban J connectivity index is 1.77. The molecule has 5 nitrogen and oxygen atoms in total. The summed E-state index contributed by atoms with van der Waals surface area (Å²) in [5.41, 5.74) is -2.73. The van der Waals surface area contributed by atoms with E-state index >= 15 is 0 Å². The van der Waals surface area contributed by atoms with E-state index in [1.54, 1.807) is 12.1 Å². The average Bonchev–Trinajstić information content (AvgIpc) is 3.10. The zero-order valence-corrected chi connectivity index (χ0v) is 15.4. The Kier molecular flexibility index (Phi) is 5.08. The summed E-state index contributed by atoms with van der Waals surface area (Å²) in [6.07, 6.45) is -7.13. The van der Waals surface area contributed by atoms with Gasteiger partial charge < -0.3 is 10.1 Å². The molecule has 0 saturated carbocycles. The van der Waals surface area contributed by atoms with Crippen LogP contribution >= 0.6 is 0 Å². The molecular formula is C19H16F6N4O. The molecule has 4 rings (SSSR count). The molecule has 0 amide bonds. The maximum Gasteiger partial charge on any atom is 0.416 e. The number of imidazole rings is 1. The largest absolute Gasteiger partial charge is 0.416 e. The van der Waals surface area contributed by atoms with E-state index in [4.69, 9.17) is 4.74 Å². The molecule has 0 radical (unpaired) electrons. The Morgan fingerprint density at radius 3 is 2.17 bits per heavy atom. The first kappa shape index (κ1) is 20.5. The van der Waals surface area contributed by atoms with Crippen LogP contribution in [0.4, 0.5) is 32.2 Å². The topological polar surface area (TPSA) is 51.5 Å². The number of anilines is 1. The van der Waals surface area contributed by atoms with Crippen LogP contribution in [0.25, 0.3) is 16.9 Å². The van der Waals surface area contributed by atoms with Crippen LogP contribution in [-0.2, 0) is 17.1 Å². The number of halogens is 6. The number of nitrogens with zero attached hydrogens (tertiary/aromatic N) is 3. The Labute approximate surface area is 166 Å². The van der Waals surface area contributed by atoms with Gasteiger partial charge in [-0.2, -0.15) is 26.3 Å². The van der Waals surface area contributed by atoms with Gasteiger partial charge in [-0.1, -0.05) is 0 Å². The first-order chi connectivity index (χ1) is 14.1. The van der Waals surface area contributed by atoms with Gasteiger partial charge >= 0.3 is 12.4 Å². The molecule has 1 aromatic carbocycles. The number of ether oxygens (including phenoxy) is 1. The fourth-order valence-electron chi connectivity index (χ4n) is 3.30. The van der Waals surface area contributed by atoms with Gasteiger partial charge in [0.2, 0.25) is 0 Å². The quantitative estimate of drug-likeness (QED) is 0.593. The molecule has 1 aliphatic rings. The minimum Gasteiger partial charge on any atom is -0.381 e. The van der Waals surface area contributed by atoms with Crippen LogP contribution in [0.5, 0.6) is 0 Å². The second-order valence-electron chi connectivity index (χ2n) is 6.96. The highest BCUT2D eigenvalue weighted by Crippen LogP contribution is 2.38. The third-order valence-corrected chi connectivity index (χ3v) is 4.82. The second kappa shape index (κ2) is 7.46. The molecular weight excluding hydrogens is 414 g/mol. The molecule has 11 heteroatoms. The van der Waals surface area contributed by atoms with Crippen molar-refractivity contribution >= 4 is 11.5 Å². The van der Waals surface area contributed by atoms with Gasteiger partial charge in [-0.3, -0.25) is 0 Å². The highest BCUT2D eigenvalue weighted by molar-refractivity contribution is 5.66. The number of hydrogen-bond acceptors (Lipinski definition) is 4. The maximum absolute atomic E-state index is 13.2. The SMILES string of the molecule is FC(F)(F)c1cc(-c2cnc3ccc(NC4CCOCC4)nn23)cc(C(F)(F)F)c1. The molecule has 160 valence electrons. The van der Waals surface area contributed by atoms with Gasteiger partial charge in [-0.15, -0.1) is 5.10 Å². The van der Waals surface area contributed by atoms with Gasteiger partial charge in [-0.05, 0) is 43.2 Å². The van der Waals surface area contributed by atoms with Crippen LogP contribution in [-0.4, -0.2) is 33.9 Å². The van der Waals surface area contributed by atoms with Crippen LogP contribution in [0.15, 0.2) is 36.5 Å². The van der Waals surface area contributed by atoms with Crippen molar-refractivity contribution < 1.29 is 31.1 Å². The van der Waals surface area contributed by atoms with Crippen molar-refractivity contribution in [1.82, 2.24) is 14.6 Å². The van der Waals surface area contributed by atoms with E-state index in [1.165, 1.54) is 10.7 Å². The molecule has 1 fully saturated rings. The number of fused-ring (bicyclic) bond motifs is 1. The number of benzene rings is 1. The van der Waals surface area contributed by atoms with Crippen molar-refractivity contribution in [2.45, 2.75) is 31.2 Å². The summed E-state index contributed by atoms with van der Waals surface area (Å²) in [5, 5.41) is 7.54. The Bertz CT molecular complexity index is 1020. The summed E-state index contributed by atoms with van der Waals surface area (Å²) < 4.78 is 85.7. The van der Waals surface area contributed by atoms with Crippen molar-refractivity contribution in [3.8, 4) is 11.3 Å². The summed E-state index contributed by atoms with van der Waals surface area (Å²) in [7, 11) is 0. The summed E-state index contributed by atoms with van der Waals surface area (Å²) in [6.45, 7) is 1.20. The van der Waals surface area contributed by atoms with Crippen LogP contribution in [0.1, 0.15) is 24.0 Å². The molecule has 1 aliphatic heterocycles. The van der Waals surface area contributed by atoms with Gasteiger partial charge in [0.1, 0.15) is 5.82 Å². The minimum absolute atomic E-state index is 0.0252. The summed E-state index contributed by atoms with van der Waals surface area (Å²) >= 11 is 0. The second-order valence-corrected chi connectivity index (χ2v) is 6.96. The van der Waals surface area contributed by atoms with E-state index in [2.05, 4.69) is 15.4 Å². The predicted molar refractivity (Wildman–Crippen MR) is 95.9 cm³/mol. The molecule has 0 spiro atoms. The lowest BCUT2D eigenvalue weighted by Gasteiger charge is -2.23. The van der Waals surface area contributed by atoms with Gasteiger partial charge in [-0.25, -0.2) is 9.50 Å². The number of alkyl halides is 6. The monoisotopic (exact) mass is 430 g/mol. The van der Waals surface area contributed by atoms with Crippen LogP contribution < -0.4 is 5.32 Å². The molecule has 0 atom stereocenters. The summed E-state index contributed by atoms with van der Waals surface area (Å²) in [6, 6.07) is 4.79. The van der Waals surface area contributed by atoms with Gasteiger partial charge in [0.25, 0.3) is 0 Å². The standard InChI is InChI=1S/C19H16F6N4O/c20-18(21,22)12-7-11(8-13(9-12)19(23,24)25)15-10-26-17-2-1-16(28-29(15)17)27-14-3-5-30-6-4-14/h1-2,7-10,14H,3-6H2,(H,27,28). The van der Waals surface area contributed by atoms with Crippen molar-refractivity contribution in [2.24, 2.45) is 0 Å². The first-order valence-corrected chi connectivity index (χ1v) is 9.10. The molecule has 3 heterocycles. The van der Waals surface area contributed by atoms with E-state index in [1.807, 2.05) is 0 Å². The third kappa shape index (κ3) is 4.20. The van der Waals surface area contributed by atoms with E-state index in [0.717, 1.165) is 12.8 Å². The van der Waals surface area contributed by atoms with E-state index in [9.17, 15) is 26.3 Å². The predicted octanol–water partition coefficient (Wildman–Crippen LogP) is 5.02. The van der Waals surface area contributed by atoms with E-state index in [-0.39, 0.29) is 23.4 Å². The van der Waals surface area contributed by atoms with Crippen LogP contribution in [0, 0.1) is 0 Å². The molecule has 0 unspecified atom stereocenters. The fraction of sp³-hybridized carbons (Fsp3) is 0.368. The van der Waals surface area contributed by atoms with Crippen LogP contribution in [0.2, 0.25) is 0 Å². The van der Waals surface area contributed by atoms with Crippen molar-refractivity contribution in [3.63, 3.8) is 0 Å². The number of hydrogen-bond donors (Lipinski definition) is 1. The first-order valence-electron chi connectivity index (χ1n) is 9.10. The van der Waals surface area contributed by atoms with Crippen molar-refractivity contribution in [3.05, 3.63) is 47.7 Å². The molecule has 0 bridgehead atoms. The van der Waals surface area contributed by atoms with Crippen molar-refractivity contribution in [2.75, 3.05) is 18.5 Å². The molecule has 0 aliphatic carbocycles. The zero-order valence-electron chi connectivity index (χ0n) is 15.4. The lowest BCUT2D eigenvalue weighted by molar-refractivity contribution is -0.143. The highest BCUT2D eigenvalue weighted by Gasteiger charge is 2.37. The fourth-order valence-corrected chi connectivity index (χ4v) is 3.30. The smallest absolute Gasteiger partial charge is 0.381 e. The van der Waals surface area contributed by atoms with Gasteiger partial charge in [0.15, 0.2) is 5.65 Å². The van der Waals surface area contributed by atoms with Gasteiger partial charge in [0, 0.05) is 24.8 Å². The Hall–Kier alpha value is -2.82. The molecule has 3 aromatic rings. The summed E-state index contributed by atoms with van der Waals surface area (Å²) in [5.74, 6) is 0.441. The van der Waals surface area contributed by atoms with E-state index in [0.29, 0.717) is 36.8 Å². The maximum atomic E-state index is 13.2. The minimum atomic E-state index is -4.93. The molecule has 1 saturated heterocycles. The molecule has 30 heavy (non-hydrogen) atoms. The van der Waals surface area contributed by atoms with Crippen molar-refractivity contribution in [1.29, 1.82) is 0 Å². The lowest BCUT2D eigenvalue weighted by atomic mass is 10.0. The lowest BCUT2D eigenvalue weighted by Crippen LogP contribution is -2.28.